The molecule has 0 saturated carbocycles. The SMILES string of the molecule is Cc1ccc(F)c(OCc2ccnc(C(N)=S)c2)c1. The van der Waals surface area contributed by atoms with E-state index in [1.54, 1.807) is 30.5 Å². The molecule has 98 valence electrons. The average molecular weight is 276 g/mol. The van der Waals surface area contributed by atoms with Gasteiger partial charge in [-0.05, 0) is 42.3 Å². The zero-order valence-electron chi connectivity index (χ0n) is 10.4. The number of ether oxygens (including phenoxy) is 1. The maximum absolute atomic E-state index is 13.5. The van der Waals surface area contributed by atoms with Crippen LogP contribution in [0.25, 0.3) is 0 Å². The van der Waals surface area contributed by atoms with Gasteiger partial charge in [-0.3, -0.25) is 4.98 Å². The number of aromatic nitrogens is 1. The molecule has 1 heterocycles. The lowest BCUT2D eigenvalue weighted by Gasteiger charge is -2.08. The molecule has 0 radical (unpaired) electrons. The second-order valence-corrected chi connectivity index (χ2v) is 4.58. The summed E-state index contributed by atoms with van der Waals surface area (Å²) in [6.45, 7) is 2.11. The molecule has 2 N–H and O–H groups in total. The fourth-order valence-corrected chi connectivity index (χ4v) is 1.69. The molecule has 2 aromatic rings. The summed E-state index contributed by atoms with van der Waals surface area (Å²) >= 11 is 4.85. The van der Waals surface area contributed by atoms with Crippen LogP contribution in [0.4, 0.5) is 4.39 Å². The van der Waals surface area contributed by atoms with Gasteiger partial charge in [0.25, 0.3) is 0 Å². The predicted molar refractivity (Wildman–Crippen MR) is 75.6 cm³/mol. The molecule has 0 fully saturated rings. The smallest absolute Gasteiger partial charge is 0.165 e. The minimum Gasteiger partial charge on any atom is -0.486 e. The molecular formula is C14H13FN2OS. The number of thiocarbonyl (C=S) groups is 1. The van der Waals surface area contributed by atoms with Crippen LogP contribution in [-0.2, 0) is 6.61 Å². The normalized spacial score (nSPS) is 10.2. The number of halogens is 1. The highest BCUT2D eigenvalue weighted by molar-refractivity contribution is 7.80. The summed E-state index contributed by atoms with van der Waals surface area (Å²) < 4.78 is 19.0. The Morgan fingerprint density at radius 2 is 2.16 bits per heavy atom. The number of pyridine rings is 1. The summed E-state index contributed by atoms with van der Waals surface area (Å²) in [6.07, 6.45) is 1.60. The van der Waals surface area contributed by atoms with Crippen molar-refractivity contribution in [2.24, 2.45) is 5.73 Å². The lowest BCUT2D eigenvalue weighted by atomic mass is 10.2. The van der Waals surface area contributed by atoms with Crippen molar-refractivity contribution in [1.29, 1.82) is 0 Å². The minimum absolute atomic E-state index is 0.226. The van der Waals surface area contributed by atoms with Gasteiger partial charge in [-0.1, -0.05) is 18.3 Å². The van der Waals surface area contributed by atoms with Crippen molar-refractivity contribution in [2.75, 3.05) is 0 Å². The van der Waals surface area contributed by atoms with Gasteiger partial charge in [-0.15, -0.1) is 0 Å². The molecule has 0 spiro atoms. The number of nitrogens with zero attached hydrogens (tertiary/aromatic N) is 1. The van der Waals surface area contributed by atoms with E-state index in [1.807, 2.05) is 6.92 Å². The second-order valence-electron chi connectivity index (χ2n) is 4.14. The first-order chi connectivity index (χ1) is 9.06. The summed E-state index contributed by atoms with van der Waals surface area (Å²) in [7, 11) is 0. The van der Waals surface area contributed by atoms with Crippen molar-refractivity contribution in [3.8, 4) is 5.75 Å². The molecule has 2 rings (SSSR count). The lowest BCUT2D eigenvalue weighted by molar-refractivity contribution is 0.290. The fraction of sp³-hybridized carbons (Fsp3) is 0.143. The van der Waals surface area contributed by atoms with Gasteiger partial charge in [0.05, 0.1) is 5.69 Å². The Balaban J connectivity index is 2.12. The van der Waals surface area contributed by atoms with Gasteiger partial charge in [-0.2, -0.15) is 0 Å². The maximum atomic E-state index is 13.5. The van der Waals surface area contributed by atoms with Crippen LogP contribution in [0.5, 0.6) is 5.75 Å². The molecule has 0 aliphatic carbocycles. The Morgan fingerprint density at radius 3 is 2.89 bits per heavy atom. The molecule has 0 unspecified atom stereocenters. The molecular weight excluding hydrogens is 263 g/mol. The number of aryl methyl sites for hydroxylation is 1. The molecule has 1 aromatic heterocycles. The van der Waals surface area contributed by atoms with E-state index < -0.39 is 0 Å². The quantitative estimate of drug-likeness (QED) is 0.872. The second kappa shape index (κ2) is 5.75. The summed E-state index contributed by atoms with van der Waals surface area (Å²) in [5.41, 5.74) is 7.80. The van der Waals surface area contributed by atoms with Crippen LogP contribution in [0, 0.1) is 12.7 Å². The van der Waals surface area contributed by atoms with E-state index in [0.29, 0.717) is 5.69 Å². The van der Waals surface area contributed by atoms with Gasteiger partial charge in [0, 0.05) is 6.20 Å². The third-order valence-electron chi connectivity index (χ3n) is 2.56. The van der Waals surface area contributed by atoms with Crippen molar-refractivity contribution >= 4 is 17.2 Å². The molecule has 0 saturated heterocycles. The summed E-state index contributed by atoms with van der Waals surface area (Å²) in [6, 6.07) is 8.24. The first-order valence-electron chi connectivity index (χ1n) is 5.70. The molecule has 5 heteroatoms. The number of hydrogen-bond donors (Lipinski definition) is 1. The van der Waals surface area contributed by atoms with Crippen molar-refractivity contribution in [3.05, 3.63) is 59.2 Å². The van der Waals surface area contributed by atoms with Crippen LogP contribution in [0.3, 0.4) is 0 Å². The van der Waals surface area contributed by atoms with Crippen LogP contribution in [0.2, 0.25) is 0 Å². The zero-order chi connectivity index (χ0) is 13.8. The van der Waals surface area contributed by atoms with Crippen LogP contribution >= 0.6 is 12.2 Å². The molecule has 0 aliphatic heterocycles. The van der Waals surface area contributed by atoms with Gasteiger partial charge in [-0.25, -0.2) is 4.39 Å². The van der Waals surface area contributed by atoms with Crippen LogP contribution in [0.1, 0.15) is 16.8 Å². The standard InChI is InChI=1S/C14H13FN2OS/c1-9-2-3-11(15)13(6-9)18-8-10-4-5-17-12(7-10)14(16)19/h2-7H,8H2,1H3,(H2,16,19). The third kappa shape index (κ3) is 3.48. The molecule has 3 nitrogen and oxygen atoms in total. The fourth-order valence-electron chi connectivity index (χ4n) is 1.58. The Kier molecular flexibility index (Phi) is 4.06. The van der Waals surface area contributed by atoms with E-state index in [1.165, 1.54) is 6.07 Å². The van der Waals surface area contributed by atoms with E-state index in [4.69, 9.17) is 22.7 Å². The van der Waals surface area contributed by atoms with E-state index in [0.717, 1.165) is 11.1 Å². The summed E-state index contributed by atoms with van der Waals surface area (Å²) in [4.78, 5) is 4.26. The van der Waals surface area contributed by atoms with E-state index in [-0.39, 0.29) is 23.2 Å². The van der Waals surface area contributed by atoms with E-state index in [9.17, 15) is 4.39 Å². The first kappa shape index (κ1) is 13.4. The van der Waals surface area contributed by atoms with Crippen molar-refractivity contribution in [3.63, 3.8) is 0 Å². The molecule has 0 amide bonds. The van der Waals surface area contributed by atoms with Gasteiger partial charge in [0.2, 0.25) is 0 Å². The molecule has 19 heavy (non-hydrogen) atoms. The highest BCUT2D eigenvalue weighted by Gasteiger charge is 2.05. The third-order valence-corrected chi connectivity index (χ3v) is 2.77. The molecule has 0 aliphatic rings. The highest BCUT2D eigenvalue weighted by atomic mass is 32.1. The van der Waals surface area contributed by atoms with Crippen molar-refractivity contribution in [2.45, 2.75) is 13.5 Å². The predicted octanol–water partition coefficient (Wildman–Crippen LogP) is 2.74. The minimum atomic E-state index is -0.380. The zero-order valence-corrected chi connectivity index (χ0v) is 11.2. The van der Waals surface area contributed by atoms with Crippen molar-refractivity contribution in [1.82, 2.24) is 4.98 Å². The maximum Gasteiger partial charge on any atom is 0.165 e. The Labute approximate surface area is 116 Å². The van der Waals surface area contributed by atoms with Gasteiger partial charge >= 0.3 is 0 Å². The first-order valence-corrected chi connectivity index (χ1v) is 6.11. The molecule has 0 atom stereocenters. The van der Waals surface area contributed by atoms with Gasteiger partial charge < -0.3 is 10.5 Å². The molecule has 0 bridgehead atoms. The monoisotopic (exact) mass is 276 g/mol. The van der Waals surface area contributed by atoms with Gasteiger partial charge in [0.1, 0.15) is 11.6 Å². The Bertz CT molecular complexity index is 616. The average Bonchev–Trinajstić information content (AvgIpc) is 2.40. The van der Waals surface area contributed by atoms with Gasteiger partial charge in [0.15, 0.2) is 11.6 Å². The van der Waals surface area contributed by atoms with E-state index >= 15 is 0 Å². The number of benzene rings is 1. The summed E-state index contributed by atoms with van der Waals surface area (Å²) in [5.74, 6) is -0.150. The number of nitrogens with two attached hydrogens (primary N) is 1. The number of rotatable bonds is 4. The highest BCUT2D eigenvalue weighted by Crippen LogP contribution is 2.19. The van der Waals surface area contributed by atoms with Crippen LogP contribution in [-0.4, -0.2) is 9.97 Å². The Morgan fingerprint density at radius 1 is 1.37 bits per heavy atom. The Hall–Kier alpha value is -2.01. The molecule has 1 aromatic carbocycles. The van der Waals surface area contributed by atoms with Crippen molar-refractivity contribution < 1.29 is 9.13 Å². The van der Waals surface area contributed by atoms with Crippen LogP contribution in [0.15, 0.2) is 36.5 Å². The number of hydrogen-bond acceptors (Lipinski definition) is 3. The summed E-state index contributed by atoms with van der Waals surface area (Å²) in [5, 5.41) is 0. The topological polar surface area (TPSA) is 48.1 Å². The van der Waals surface area contributed by atoms with Crippen LogP contribution < -0.4 is 10.5 Å². The largest absolute Gasteiger partial charge is 0.486 e. The lowest BCUT2D eigenvalue weighted by Crippen LogP contribution is -2.12. The van der Waals surface area contributed by atoms with E-state index in [2.05, 4.69) is 4.98 Å².